The van der Waals surface area contributed by atoms with E-state index in [2.05, 4.69) is 49.1 Å². The van der Waals surface area contributed by atoms with Gasteiger partial charge in [-0.05, 0) is 80.6 Å². The van der Waals surface area contributed by atoms with Crippen LogP contribution in [0.15, 0.2) is 60.7 Å². The molecule has 3 N–H and O–H groups in total. The van der Waals surface area contributed by atoms with Gasteiger partial charge in [0.05, 0.1) is 22.4 Å². The van der Waals surface area contributed by atoms with Crippen molar-refractivity contribution in [3.05, 3.63) is 66.5 Å². The Bertz CT molecular complexity index is 1630. The normalized spacial score (nSPS) is 16.2. The zero-order chi connectivity index (χ0) is 26.5. The van der Waals surface area contributed by atoms with Crippen molar-refractivity contribution in [3.63, 3.8) is 0 Å². The number of piperazine rings is 1. The Hall–Kier alpha value is -4.02. The Kier molecular flexibility index (Phi) is 5.93. The molecule has 8 nitrogen and oxygen atoms in total. The van der Waals surface area contributed by atoms with Crippen LogP contribution >= 0.6 is 11.3 Å². The molecule has 0 unspecified atom stereocenters. The summed E-state index contributed by atoms with van der Waals surface area (Å²) in [4.78, 5) is 9.85. The van der Waals surface area contributed by atoms with Gasteiger partial charge >= 0.3 is 0 Å². The Morgan fingerprint density at radius 3 is 2.36 bits per heavy atom. The lowest BCUT2D eigenvalue weighted by Crippen LogP contribution is -2.44. The lowest BCUT2D eigenvalue weighted by molar-refractivity contribution is 0.313. The van der Waals surface area contributed by atoms with Crippen LogP contribution in [-0.4, -0.2) is 57.9 Å². The molecule has 0 radical (unpaired) electrons. The molecule has 1 saturated carbocycles. The SMILES string of the molecule is CN1CCN(c2cc3c(cc2Nc2nnc(-c4ccc(N)cc4)s2)nc(-c2ccc(F)cc2)n3C2CC2)CC1. The highest BCUT2D eigenvalue weighted by molar-refractivity contribution is 7.18. The van der Waals surface area contributed by atoms with Crippen LogP contribution in [0.4, 0.5) is 26.6 Å². The molecule has 1 aliphatic carbocycles. The third kappa shape index (κ3) is 4.70. The first kappa shape index (κ1) is 24.1. The molecule has 3 heterocycles. The second-order valence-electron chi connectivity index (χ2n) is 10.4. The molecule has 1 aliphatic heterocycles. The summed E-state index contributed by atoms with van der Waals surface area (Å²) in [7, 11) is 2.16. The molecule has 2 aromatic heterocycles. The van der Waals surface area contributed by atoms with Crippen molar-refractivity contribution in [2.75, 3.05) is 49.2 Å². The molecule has 2 fully saturated rings. The number of nitrogens with two attached hydrogens (primary N) is 1. The van der Waals surface area contributed by atoms with E-state index in [-0.39, 0.29) is 5.82 Å². The number of imidazole rings is 1. The van der Waals surface area contributed by atoms with E-state index in [9.17, 15) is 4.39 Å². The first-order valence-electron chi connectivity index (χ1n) is 13.2. The maximum atomic E-state index is 13.7. The number of fused-ring (bicyclic) bond motifs is 1. The molecule has 0 atom stereocenters. The third-order valence-electron chi connectivity index (χ3n) is 7.49. The fourth-order valence-corrected chi connectivity index (χ4v) is 5.94. The second-order valence-corrected chi connectivity index (χ2v) is 11.3. The predicted octanol–water partition coefficient (Wildman–Crippen LogP) is 5.77. The molecule has 1 saturated heterocycles. The molecule has 198 valence electrons. The minimum Gasteiger partial charge on any atom is -0.399 e. The maximum Gasteiger partial charge on any atom is 0.210 e. The number of hydrogen-bond acceptors (Lipinski definition) is 8. The van der Waals surface area contributed by atoms with Gasteiger partial charge < -0.3 is 25.4 Å². The van der Waals surface area contributed by atoms with Crippen molar-refractivity contribution in [2.24, 2.45) is 0 Å². The number of nitrogens with one attached hydrogen (secondary N) is 1. The summed E-state index contributed by atoms with van der Waals surface area (Å²) in [5, 5.41) is 14.0. The Morgan fingerprint density at radius 1 is 0.923 bits per heavy atom. The van der Waals surface area contributed by atoms with Crippen molar-refractivity contribution >= 4 is 44.6 Å². The highest BCUT2D eigenvalue weighted by Gasteiger charge is 2.30. The topological polar surface area (TPSA) is 88.1 Å². The highest BCUT2D eigenvalue weighted by Crippen LogP contribution is 2.44. The molecule has 7 rings (SSSR count). The summed E-state index contributed by atoms with van der Waals surface area (Å²) in [5.74, 6) is 0.641. The van der Waals surface area contributed by atoms with E-state index in [4.69, 9.17) is 10.7 Å². The van der Waals surface area contributed by atoms with Crippen LogP contribution in [-0.2, 0) is 0 Å². The number of nitrogen functional groups attached to an aromatic ring is 1. The van der Waals surface area contributed by atoms with Gasteiger partial charge in [0, 0.05) is 49.0 Å². The number of anilines is 4. The summed E-state index contributed by atoms with van der Waals surface area (Å²) in [6, 6.07) is 19.1. The monoisotopic (exact) mass is 540 g/mol. The average Bonchev–Trinajstić information content (AvgIpc) is 3.56. The van der Waals surface area contributed by atoms with Crippen LogP contribution in [0, 0.1) is 5.82 Å². The van der Waals surface area contributed by atoms with E-state index in [0.29, 0.717) is 6.04 Å². The first-order chi connectivity index (χ1) is 19.0. The number of benzene rings is 3. The molecular weight excluding hydrogens is 511 g/mol. The third-order valence-corrected chi connectivity index (χ3v) is 8.38. The van der Waals surface area contributed by atoms with E-state index in [0.717, 1.165) is 94.2 Å². The smallest absolute Gasteiger partial charge is 0.210 e. The van der Waals surface area contributed by atoms with E-state index >= 15 is 0 Å². The zero-order valence-electron chi connectivity index (χ0n) is 21.6. The molecular formula is C29H29FN8S. The lowest BCUT2D eigenvalue weighted by Gasteiger charge is -2.35. The number of rotatable bonds is 6. The van der Waals surface area contributed by atoms with Crippen LogP contribution in [0.1, 0.15) is 18.9 Å². The van der Waals surface area contributed by atoms with E-state index in [1.807, 2.05) is 36.4 Å². The van der Waals surface area contributed by atoms with Crippen LogP contribution in [0.3, 0.4) is 0 Å². The molecule has 0 amide bonds. The summed E-state index contributed by atoms with van der Waals surface area (Å²) >= 11 is 1.51. The fourth-order valence-electron chi connectivity index (χ4n) is 5.18. The fraction of sp³-hybridized carbons (Fsp3) is 0.276. The largest absolute Gasteiger partial charge is 0.399 e. The number of likely N-dealkylation sites (N-methyl/N-ethyl adjacent to an activating group) is 1. The van der Waals surface area contributed by atoms with Crippen molar-refractivity contribution in [1.82, 2.24) is 24.6 Å². The van der Waals surface area contributed by atoms with Gasteiger partial charge in [-0.3, -0.25) is 0 Å². The summed E-state index contributed by atoms with van der Waals surface area (Å²) in [6.45, 7) is 3.87. The minimum absolute atomic E-state index is 0.243. The summed E-state index contributed by atoms with van der Waals surface area (Å²) in [5.41, 5.74) is 12.6. The van der Waals surface area contributed by atoms with Crippen molar-refractivity contribution in [2.45, 2.75) is 18.9 Å². The van der Waals surface area contributed by atoms with E-state index < -0.39 is 0 Å². The van der Waals surface area contributed by atoms with Gasteiger partial charge in [-0.1, -0.05) is 11.3 Å². The number of nitrogens with zero attached hydrogens (tertiary/aromatic N) is 6. The van der Waals surface area contributed by atoms with E-state index in [1.165, 1.54) is 23.5 Å². The van der Waals surface area contributed by atoms with Gasteiger partial charge in [-0.15, -0.1) is 10.2 Å². The Morgan fingerprint density at radius 2 is 1.64 bits per heavy atom. The van der Waals surface area contributed by atoms with Gasteiger partial charge in [0.15, 0.2) is 0 Å². The minimum atomic E-state index is -0.243. The zero-order valence-corrected chi connectivity index (χ0v) is 22.5. The number of aromatic nitrogens is 4. The maximum absolute atomic E-state index is 13.7. The average molecular weight is 541 g/mol. The highest BCUT2D eigenvalue weighted by atomic mass is 32.1. The molecule has 0 bridgehead atoms. The predicted molar refractivity (Wildman–Crippen MR) is 156 cm³/mol. The Balaban J connectivity index is 1.31. The van der Waals surface area contributed by atoms with Gasteiger partial charge in [0.1, 0.15) is 16.6 Å². The van der Waals surface area contributed by atoms with Crippen LogP contribution in [0.25, 0.3) is 33.0 Å². The molecule has 3 aromatic carbocycles. The van der Waals surface area contributed by atoms with E-state index in [1.54, 1.807) is 0 Å². The van der Waals surface area contributed by atoms with Crippen LogP contribution in [0.5, 0.6) is 0 Å². The quantitative estimate of drug-likeness (QED) is 0.264. The van der Waals surface area contributed by atoms with Crippen molar-refractivity contribution < 1.29 is 4.39 Å². The van der Waals surface area contributed by atoms with Crippen molar-refractivity contribution in [1.29, 1.82) is 0 Å². The van der Waals surface area contributed by atoms with Crippen LogP contribution in [0.2, 0.25) is 0 Å². The molecule has 10 heteroatoms. The van der Waals surface area contributed by atoms with Gasteiger partial charge in [-0.25, -0.2) is 9.37 Å². The number of hydrogen-bond donors (Lipinski definition) is 2. The summed E-state index contributed by atoms with van der Waals surface area (Å²) in [6.07, 6.45) is 2.25. The van der Waals surface area contributed by atoms with Crippen LogP contribution < -0.4 is 16.0 Å². The Labute approximate surface area is 229 Å². The van der Waals surface area contributed by atoms with Gasteiger partial charge in [0.2, 0.25) is 5.13 Å². The standard InChI is InChI=1S/C29H29FN8S/c1-36-12-14-37(15-13-36)25-17-26-24(32-27(38(26)22-10-11-22)18-2-6-20(30)7-3-18)16-23(25)33-29-35-34-28(39-29)19-4-8-21(31)9-5-19/h2-9,16-17,22H,10-15,31H2,1H3,(H,33,35). The molecule has 5 aromatic rings. The first-order valence-corrected chi connectivity index (χ1v) is 14.1. The molecule has 2 aliphatic rings. The molecule has 0 spiro atoms. The van der Waals surface area contributed by atoms with Gasteiger partial charge in [0.25, 0.3) is 0 Å². The van der Waals surface area contributed by atoms with Crippen molar-refractivity contribution in [3.8, 4) is 22.0 Å². The molecule has 39 heavy (non-hydrogen) atoms. The second kappa shape index (κ2) is 9.62. The lowest BCUT2D eigenvalue weighted by atomic mass is 10.2. The summed E-state index contributed by atoms with van der Waals surface area (Å²) < 4.78 is 16.0. The number of halogens is 1. The van der Waals surface area contributed by atoms with Gasteiger partial charge in [-0.2, -0.15) is 0 Å².